The zero-order chi connectivity index (χ0) is 17.5. The number of aliphatic hydroxyl groups excluding tert-OH is 1. The molecule has 1 aliphatic carbocycles. The van der Waals surface area contributed by atoms with Gasteiger partial charge in [0, 0.05) is 12.1 Å². The highest BCUT2D eigenvalue weighted by Crippen LogP contribution is 2.40. The van der Waals surface area contributed by atoms with E-state index in [4.69, 9.17) is 9.84 Å². The smallest absolute Gasteiger partial charge is 0.315 e. The molecular weight excluding hydrogens is 316 g/mol. The lowest BCUT2D eigenvalue weighted by atomic mass is 10.0. The fourth-order valence-corrected chi connectivity index (χ4v) is 2.88. The van der Waals surface area contributed by atoms with Gasteiger partial charge in [-0.3, -0.25) is 0 Å². The first kappa shape index (κ1) is 17.3. The Morgan fingerprint density at radius 1 is 1.12 bits per heavy atom. The molecule has 25 heavy (non-hydrogen) atoms. The first-order valence-electron chi connectivity index (χ1n) is 8.69. The summed E-state index contributed by atoms with van der Waals surface area (Å²) in [6, 6.07) is 17.5. The zero-order valence-corrected chi connectivity index (χ0v) is 14.2. The Bertz CT molecular complexity index is 686. The van der Waals surface area contributed by atoms with Crippen LogP contribution in [0.4, 0.5) is 4.79 Å². The highest BCUT2D eigenvalue weighted by atomic mass is 16.5. The van der Waals surface area contributed by atoms with Gasteiger partial charge in [0.1, 0.15) is 12.4 Å². The van der Waals surface area contributed by atoms with Gasteiger partial charge in [0.25, 0.3) is 0 Å². The Morgan fingerprint density at radius 3 is 2.56 bits per heavy atom. The van der Waals surface area contributed by atoms with E-state index in [1.165, 1.54) is 0 Å². The van der Waals surface area contributed by atoms with Crippen LogP contribution in [0.2, 0.25) is 0 Å². The fraction of sp³-hybridized carbons (Fsp3) is 0.350. The molecule has 1 fully saturated rings. The van der Waals surface area contributed by atoms with Crippen LogP contribution in [0.5, 0.6) is 5.75 Å². The van der Waals surface area contributed by atoms with Crippen molar-refractivity contribution in [1.82, 2.24) is 10.6 Å². The molecule has 2 aromatic carbocycles. The standard InChI is InChI=1S/C20H24N2O3/c23-12-13-25-18-9-5-4-8-17(18)14-21-20(24)22-19(16-10-11-16)15-6-2-1-3-7-15/h1-9,16,19,23H,10-14H2,(H2,21,22,24). The number of ether oxygens (including phenoxy) is 1. The maximum Gasteiger partial charge on any atom is 0.315 e. The molecule has 0 aromatic heterocycles. The zero-order valence-electron chi connectivity index (χ0n) is 14.2. The summed E-state index contributed by atoms with van der Waals surface area (Å²) >= 11 is 0. The number of amides is 2. The fourth-order valence-electron chi connectivity index (χ4n) is 2.88. The first-order chi connectivity index (χ1) is 12.3. The van der Waals surface area contributed by atoms with E-state index >= 15 is 0 Å². The van der Waals surface area contributed by atoms with Crippen molar-refractivity contribution < 1.29 is 14.6 Å². The molecule has 2 aromatic rings. The number of urea groups is 1. The normalized spacial score (nSPS) is 14.6. The quantitative estimate of drug-likeness (QED) is 0.692. The number of hydrogen-bond donors (Lipinski definition) is 3. The summed E-state index contributed by atoms with van der Waals surface area (Å²) in [5.41, 5.74) is 2.03. The molecule has 2 amide bonds. The van der Waals surface area contributed by atoms with Crippen LogP contribution in [0.15, 0.2) is 54.6 Å². The van der Waals surface area contributed by atoms with Crippen molar-refractivity contribution in [3.05, 3.63) is 65.7 Å². The minimum absolute atomic E-state index is 0.0393. The van der Waals surface area contributed by atoms with Gasteiger partial charge in [0.05, 0.1) is 12.6 Å². The molecule has 0 radical (unpaired) electrons. The van der Waals surface area contributed by atoms with Crippen LogP contribution in [0.1, 0.15) is 30.0 Å². The van der Waals surface area contributed by atoms with Gasteiger partial charge in [0.15, 0.2) is 0 Å². The molecule has 1 aliphatic rings. The Morgan fingerprint density at radius 2 is 1.84 bits per heavy atom. The van der Waals surface area contributed by atoms with Gasteiger partial charge in [-0.25, -0.2) is 4.79 Å². The van der Waals surface area contributed by atoms with Crippen molar-refractivity contribution in [2.45, 2.75) is 25.4 Å². The first-order valence-corrected chi connectivity index (χ1v) is 8.69. The molecule has 5 nitrogen and oxygen atoms in total. The second-order valence-electron chi connectivity index (χ2n) is 6.23. The van der Waals surface area contributed by atoms with E-state index in [2.05, 4.69) is 22.8 Å². The minimum atomic E-state index is -0.183. The van der Waals surface area contributed by atoms with E-state index in [0.29, 0.717) is 18.2 Å². The summed E-state index contributed by atoms with van der Waals surface area (Å²) in [5, 5.41) is 14.9. The highest BCUT2D eigenvalue weighted by molar-refractivity contribution is 5.74. The molecule has 3 N–H and O–H groups in total. The lowest BCUT2D eigenvalue weighted by Crippen LogP contribution is -2.38. The monoisotopic (exact) mass is 340 g/mol. The molecule has 0 aliphatic heterocycles. The van der Waals surface area contributed by atoms with E-state index in [1.807, 2.05) is 42.5 Å². The Labute approximate surface area is 148 Å². The second kappa shape index (κ2) is 8.53. The van der Waals surface area contributed by atoms with Gasteiger partial charge in [-0.1, -0.05) is 48.5 Å². The van der Waals surface area contributed by atoms with E-state index in [1.54, 1.807) is 0 Å². The van der Waals surface area contributed by atoms with Gasteiger partial charge in [0.2, 0.25) is 0 Å². The minimum Gasteiger partial charge on any atom is -0.491 e. The largest absolute Gasteiger partial charge is 0.491 e. The molecule has 1 atom stereocenters. The maximum atomic E-state index is 12.4. The Balaban J connectivity index is 1.57. The number of nitrogens with one attached hydrogen (secondary N) is 2. The van der Waals surface area contributed by atoms with Gasteiger partial charge in [-0.05, 0) is 30.4 Å². The number of benzene rings is 2. The van der Waals surface area contributed by atoms with Crippen LogP contribution in [0, 0.1) is 5.92 Å². The van der Waals surface area contributed by atoms with Gasteiger partial charge in [-0.15, -0.1) is 0 Å². The molecule has 0 bridgehead atoms. The maximum absolute atomic E-state index is 12.4. The lowest BCUT2D eigenvalue weighted by Gasteiger charge is -2.19. The van der Waals surface area contributed by atoms with Crippen molar-refractivity contribution in [2.24, 2.45) is 5.92 Å². The topological polar surface area (TPSA) is 70.6 Å². The lowest BCUT2D eigenvalue weighted by molar-refractivity contribution is 0.200. The summed E-state index contributed by atoms with van der Waals surface area (Å²) in [7, 11) is 0. The van der Waals surface area contributed by atoms with Crippen molar-refractivity contribution in [3.63, 3.8) is 0 Å². The molecule has 3 rings (SSSR count). The number of para-hydroxylation sites is 1. The summed E-state index contributed by atoms with van der Waals surface area (Å²) < 4.78 is 5.50. The molecule has 0 heterocycles. The van der Waals surface area contributed by atoms with E-state index in [-0.39, 0.29) is 25.3 Å². The van der Waals surface area contributed by atoms with E-state index in [9.17, 15) is 4.79 Å². The molecule has 1 saturated carbocycles. The highest BCUT2D eigenvalue weighted by Gasteiger charge is 2.33. The van der Waals surface area contributed by atoms with Crippen molar-refractivity contribution in [2.75, 3.05) is 13.2 Å². The molecule has 132 valence electrons. The third-order valence-electron chi connectivity index (χ3n) is 4.30. The van der Waals surface area contributed by atoms with Crippen molar-refractivity contribution in [3.8, 4) is 5.75 Å². The summed E-state index contributed by atoms with van der Waals surface area (Å²) in [4.78, 5) is 12.4. The Kier molecular flexibility index (Phi) is 5.90. The van der Waals surface area contributed by atoms with E-state index < -0.39 is 0 Å². The van der Waals surface area contributed by atoms with Crippen molar-refractivity contribution >= 4 is 6.03 Å². The number of rotatable bonds is 8. The van der Waals surface area contributed by atoms with Crippen LogP contribution >= 0.6 is 0 Å². The van der Waals surface area contributed by atoms with Gasteiger partial charge >= 0.3 is 6.03 Å². The summed E-state index contributed by atoms with van der Waals surface area (Å²) in [6.45, 7) is 0.572. The third-order valence-corrected chi connectivity index (χ3v) is 4.30. The molecule has 1 unspecified atom stereocenters. The Hall–Kier alpha value is -2.53. The van der Waals surface area contributed by atoms with Crippen molar-refractivity contribution in [1.29, 1.82) is 0 Å². The average Bonchev–Trinajstić information content (AvgIpc) is 3.49. The number of carbonyl (C=O) groups is 1. The predicted molar refractivity (Wildman–Crippen MR) is 96.3 cm³/mol. The number of aliphatic hydroxyl groups is 1. The predicted octanol–water partition coefficient (Wildman–Crippen LogP) is 3.01. The number of carbonyl (C=O) groups excluding carboxylic acids is 1. The SMILES string of the molecule is O=C(NCc1ccccc1OCCO)NC(c1ccccc1)C1CC1. The van der Waals surface area contributed by atoms with Crippen LogP contribution < -0.4 is 15.4 Å². The van der Waals surface area contributed by atoms with E-state index in [0.717, 1.165) is 24.0 Å². The second-order valence-corrected chi connectivity index (χ2v) is 6.23. The van der Waals surface area contributed by atoms with Crippen LogP contribution in [0.3, 0.4) is 0 Å². The summed E-state index contributed by atoms with van der Waals surface area (Å²) in [6.07, 6.45) is 2.30. The molecule has 0 saturated heterocycles. The van der Waals surface area contributed by atoms with Crippen LogP contribution in [-0.4, -0.2) is 24.4 Å². The number of hydrogen-bond acceptors (Lipinski definition) is 3. The summed E-state index contributed by atoms with van der Waals surface area (Å²) in [5.74, 6) is 1.20. The average molecular weight is 340 g/mol. The molecule has 0 spiro atoms. The van der Waals surface area contributed by atoms with Gasteiger partial charge in [-0.2, -0.15) is 0 Å². The molecule has 5 heteroatoms. The van der Waals surface area contributed by atoms with Gasteiger partial charge < -0.3 is 20.5 Å². The third kappa shape index (κ3) is 4.97. The molecular formula is C20H24N2O3. The van der Waals surface area contributed by atoms with Crippen LogP contribution in [0.25, 0.3) is 0 Å². The van der Waals surface area contributed by atoms with Crippen LogP contribution in [-0.2, 0) is 6.54 Å².